The number of pyridine rings is 1. The zero-order valence-electron chi connectivity index (χ0n) is 13.6. The van der Waals surface area contributed by atoms with Crippen LogP contribution in [0.3, 0.4) is 0 Å². The van der Waals surface area contributed by atoms with Gasteiger partial charge in [-0.15, -0.1) is 5.10 Å². The Kier molecular flexibility index (Phi) is 3.79. The number of amides is 1. The first kappa shape index (κ1) is 15.5. The zero-order chi connectivity index (χ0) is 17.4. The molecule has 0 radical (unpaired) electrons. The molecule has 7 nitrogen and oxygen atoms in total. The molecule has 1 amide bonds. The SMILES string of the molecule is Cn1nnc2cc(C(=O)Nc3ccc(OC4CCC4)c(F)c3)cnc21. The molecule has 0 bridgehead atoms. The summed E-state index contributed by atoms with van der Waals surface area (Å²) in [7, 11) is 1.72. The molecule has 4 rings (SSSR count). The maximum Gasteiger partial charge on any atom is 0.257 e. The van der Waals surface area contributed by atoms with Crippen LogP contribution in [0.2, 0.25) is 0 Å². The normalized spacial score (nSPS) is 14.3. The number of fused-ring (bicyclic) bond motifs is 1. The average Bonchev–Trinajstić information content (AvgIpc) is 2.93. The summed E-state index contributed by atoms with van der Waals surface area (Å²) in [6, 6.07) is 5.99. The van der Waals surface area contributed by atoms with Crippen LogP contribution >= 0.6 is 0 Å². The highest BCUT2D eigenvalue weighted by Gasteiger charge is 2.20. The van der Waals surface area contributed by atoms with E-state index in [0.717, 1.165) is 19.3 Å². The second kappa shape index (κ2) is 6.12. The smallest absolute Gasteiger partial charge is 0.257 e. The second-order valence-corrected chi connectivity index (χ2v) is 6.05. The quantitative estimate of drug-likeness (QED) is 0.789. The minimum atomic E-state index is -0.493. The fourth-order valence-electron chi connectivity index (χ4n) is 2.60. The van der Waals surface area contributed by atoms with E-state index < -0.39 is 11.7 Å². The van der Waals surface area contributed by atoms with Gasteiger partial charge in [0.15, 0.2) is 17.2 Å². The van der Waals surface area contributed by atoms with Crippen LogP contribution in [0.5, 0.6) is 5.75 Å². The zero-order valence-corrected chi connectivity index (χ0v) is 13.6. The molecule has 1 aliphatic carbocycles. The van der Waals surface area contributed by atoms with Crippen LogP contribution in [0.25, 0.3) is 11.2 Å². The van der Waals surface area contributed by atoms with Crippen molar-refractivity contribution < 1.29 is 13.9 Å². The number of rotatable bonds is 4. The average molecular weight is 341 g/mol. The van der Waals surface area contributed by atoms with Crippen molar-refractivity contribution in [3.05, 3.63) is 41.8 Å². The molecule has 1 saturated carbocycles. The van der Waals surface area contributed by atoms with Gasteiger partial charge in [0.05, 0.1) is 11.7 Å². The summed E-state index contributed by atoms with van der Waals surface area (Å²) in [5.74, 6) is -0.676. The molecule has 3 aromatic rings. The van der Waals surface area contributed by atoms with Gasteiger partial charge in [0, 0.05) is 25.0 Å². The predicted octanol–water partition coefficient (Wildman–Crippen LogP) is 2.69. The van der Waals surface area contributed by atoms with E-state index in [0.29, 0.717) is 22.4 Å². The first-order valence-corrected chi connectivity index (χ1v) is 8.03. The van der Waals surface area contributed by atoms with Gasteiger partial charge < -0.3 is 10.1 Å². The Morgan fingerprint density at radius 1 is 1.36 bits per heavy atom. The highest BCUT2D eigenvalue weighted by atomic mass is 19.1. The Labute approximate surface area is 142 Å². The molecule has 0 aliphatic heterocycles. The highest BCUT2D eigenvalue weighted by molar-refractivity contribution is 6.05. The summed E-state index contributed by atoms with van der Waals surface area (Å²) in [6.45, 7) is 0. The number of aryl methyl sites for hydroxylation is 1. The summed E-state index contributed by atoms with van der Waals surface area (Å²) >= 11 is 0. The van der Waals surface area contributed by atoms with Crippen molar-refractivity contribution in [2.75, 3.05) is 5.32 Å². The van der Waals surface area contributed by atoms with Crippen molar-refractivity contribution in [1.29, 1.82) is 0 Å². The molecule has 1 N–H and O–H groups in total. The summed E-state index contributed by atoms with van der Waals surface area (Å²) in [5.41, 5.74) is 1.77. The third-order valence-corrected chi connectivity index (χ3v) is 4.24. The Balaban J connectivity index is 1.50. The molecule has 128 valence electrons. The number of anilines is 1. The predicted molar refractivity (Wildman–Crippen MR) is 88.9 cm³/mol. The minimum Gasteiger partial charge on any atom is -0.487 e. The number of benzene rings is 1. The second-order valence-electron chi connectivity index (χ2n) is 6.05. The van der Waals surface area contributed by atoms with E-state index in [9.17, 15) is 9.18 Å². The van der Waals surface area contributed by atoms with Crippen LogP contribution in [-0.2, 0) is 7.05 Å². The monoisotopic (exact) mass is 341 g/mol. The van der Waals surface area contributed by atoms with Crippen molar-refractivity contribution >= 4 is 22.8 Å². The molecule has 1 fully saturated rings. The number of carbonyl (C=O) groups excluding carboxylic acids is 1. The number of nitrogens with one attached hydrogen (secondary N) is 1. The molecule has 0 saturated heterocycles. The standard InChI is InChI=1S/C17H16FN5O2/c1-23-16-14(21-22-23)7-10(9-19-16)17(24)20-11-5-6-15(13(18)8-11)25-12-3-2-4-12/h5-9,12H,2-4H2,1H3,(H,20,24). The minimum absolute atomic E-state index is 0.0970. The number of halogens is 1. The number of nitrogens with zero attached hydrogens (tertiary/aromatic N) is 4. The fourth-order valence-corrected chi connectivity index (χ4v) is 2.60. The molecule has 2 aromatic heterocycles. The van der Waals surface area contributed by atoms with Gasteiger partial charge in [-0.3, -0.25) is 4.79 Å². The molecule has 25 heavy (non-hydrogen) atoms. The first-order valence-electron chi connectivity index (χ1n) is 8.03. The Morgan fingerprint density at radius 3 is 2.92 bits per heavy atom. The molecule has 1 aliphatic rings. The molecule has 8 heteroatoms. The van der Waals surface area contributed by atoms with Crippen LogP contribution in [-0.4, -0.2) is 32.0 Å². The third kappa shape index (κ3) is 3.02. The van der Waals surface area contributed by atoms with E-state index in [1.807, 2.05) is 0 Å². The molecule has 1 aromatic carbocycles. The van der Waals surface area contributed by atoms with Crippen LogP contribution in [0, 0.1) is 5.82 Å². The van der Waals surface area contributed by atoms with E-state index in [1.54, 1.807) is 19.2 Å². The van der Waals surface area contributed by atoms with E-state index in [1.165, 1.54) is 23.0 Å². The van der Waals surface area contributed by atoms with Gasteiger partial charge in [-0.25, -0.2) is 14.1 Å². The number of carbonyl (C=O) groups is 1. The van der Waals surface area contributed by atoms with E-state index in [-0.39, 0.29) is 11.9 Å². The largest absolute Gasteiger partial charge is 0.487 e. The van der Waals surface area contributed by atoms with Gasteiger partial charge in [-0.2, -0.15) is 0 Å². The van der Waals surface area contributed by atoms with Gasteiger partial charge >= 0.3 is 0 Å². The third-order valence-electron chi connectivity index (χ3n) is 4.24. The maximum atomic E-state index is 14.1. The number of ether oxygens (including phenoxy) is 1. The maximum absolute atomic E-state index is 14.1. The first-order chi connectivity index (χ1) is 12.1. The van der Waals surface area contributed by atoms with Crippen molar-refractivity contribution in [1.82, 2.24) is 20.0 Å². The van der Waals surface area contributed by atoms with Crippen LogP contribution in [0.1, 0.15) is 29.6 Å². The molecule has 2 heterocycles. The highest BCUT2D eigenvalue weighted by Crippen LogP contribution is 2.28. The summed E-state index contributed by atoms with van der Waals surface area (Å²) in [6.07, 6.45) is 4.56. The van der Waals surface area contributed by atoms with E-state index >= 15 is 0 Å². The number of aromatic nitrogens is 4. The van der Waals surface area contributed by atoms with Gasteiger partial charge in [0.25, 0.3) is 5.91 Å². The lowest BCUT2D eigenvalue weighted by Crippen LogP contribution is -2.25. The molecular weight excluding hydrogens is 325 g/mol. The van der Waals surface area contributed by atoms with Crippen LogP contribution in [0.4, 0.5) is 10.1 Å². The lowest BCUT2D eigenvalue weighted by molar-refractivity contribution is 0.102. The topological polar surface area (TPSA) is 81.9 Å². The van der Waals surface area contributed by atoms with Gasteiger partial charge in [0.1, 0.15) is 5.52 Å². The number of hydrogen-bond donors (Lipinski definition) is 1. The Bertz CT molecular complexity index is 951. The van der Waals surface area contributed by atoms with Crippen molar-refractivity contribution in [2.45, 2.75) is 25.4 Å². The lowest BCUT2D eigenvalue weighted by atomic mass is 9.96. The Hall–Kier alpha value is -3.03. The summed E-state index contributed by atoms with van der Waals surface area (Å²) < 4.78 is 21.2. The fraction of sp³-hybridized carbons (Fsp3) is 0.294. The van der Waals surface area contributed by atoms with Crippen molar-refractivity contribution in [3.8, 4) is 5.75 Å². The van der Waals surface area contributed by atoms with Crippen LogP contribution < -0.4 is 10.1 Å². The van der Waals surface area contributed by atoms with Gasteiger partial charge in [-0.1, -0.05) is 5.21 Å². The van der Waals surface area contributed by atoms with Crippen molar-refractivity contribution in [2.24, 2.45) is 7.05 Å². The van der Waals surface area contributed by atoms with E-state index in [4.69, 9.17) is 4.74 Å². The molecular formula is C17H16FN5O2. The van der Waals surface area contributed by atoms with Gasteiger partial charge in [0.2, 0.25) is 0 Å². The summed E-state index contributed by atoms with van der Waals surface area (Å²) in [5, 5.41) is 10.4. The van der Waals surface area contributed by atoms with Crippen LogP contribution in [0.15, 0.2) is 30.5 Å². The lowest BCUT2D eigenvalue weighted by Gasteiger charge is -2.26. The molecule has 0 atom stereocenters. The van der Waals surface area contributed by atoms with Crippen molar-refractivity contribution in [3.63, 3.8) is 0 Å². The molecule has 0 spiro atoms. The van der Waals surface area contributed by atoms with E-state index in [2.05, 4.69) is 20.6 Å². The summed E-state index contributed by atoms with van der Waals surface area (Å²) in [4.78, 5) is 16.5. The Morgan fingerprint density at radius 2 is 2.20 bits per heavy atom. The molecule has 0 unspecified atom stereocenters. The number of hydrogen-bond acceptors (Lipinski definition) is 5. The van der Waals surface area contributed by atoms with Gasteiger partial charge in [-0.05, 0) is 37.5 Å².